The Balaban J connectivity index is 3.31. The topological polar surface area (TPSA) is 43.1 Å². The number of rotatable bonds is 1. The minimum Gasteiger partial charge on any atom is -0.366 e. The number of amides is 1. The zero-order valence-electron chi connectivity index (χ0n) is 5.77. The first-order valence-electron chi connectivity index (χ1n) is 2.96. The second kappa shape index (κ2) is 3.69. The largest absolute Gasteiger partial charge is 0.366 e. The molecule has 0 unspecified atom stereocenters. The lowest BCUT2D eigenvalue weighted by Crippen LogP contribution is -2.11. The summed E-state index contributed by atoms with van der Waals surface area (Å²) in [5.41, 5.74) is 5.31. The van der Waals surface area contributed by atoms with Crippen LogP contribution in [0.4, 0.5) is 4.39 Å². The van der Waals surface area contributed by atoms with Gasteiger partial charge < -0.3 is 5.73 Å². The van der Waals surface area contributed by atoms with E-state index in [9.17, 15) is 9.18 Å². The van der Waals surface area contributed by atoms with Crippen molar-refractivity contribution in [2.45, 2.75) is 0 Å². The normalized spacial score (nSPS) is 9.92. The maximum absolute atomic E-state index is 13.0. The van der Waals surface area contributed by atoms with Crippen molar-refractivity contribution in [3.8, 4) is 0 Å². The van der Waals surface area contributed by atoms with Crippen molar-refractivity contribution in [2.24, 2.45) is 5.73 Å². The lowest BCUT2D eigenvalue weighted by molar-refractivity contribution is 0.1000. The summed E-state index contributed by atoms with van der Waals surface area (Å²) in [5.74, 6) is -0.936. The summed E-state index contributed by atoms with van der Waals surface area (Å²) in [7, 11) is 0. The molecular weight excluding hydrogens is 340 g/mol. The van der Waals surface area contributed by atoms with E-state index >= 15 is 0 Å². The number of hydrogen-bond donors (Lipinski definition) is 1. The number of halogens is 3. The minimum atomic E-state index is -0.561. The molecule has 5 heteroatoms. The van der Waals surface area contributed by atoms with Crippen molar-refractivity contribution < 1.29 is 9.18 Å². The second-order valence-electron chi connectivity index (χ2n) is 2.12. The van der Waals surface area contributed by atoms with Gasteiger partial charge in [0.15, 0.2) is 5.82 Å². The first-order chi connectivity index (χ1) is 5.52. The fraction of sp³-hybridized carbons (Fsp3) is 0. The van der Waals surface area contributed by atoms with Crippen LogP contribution in [-0.4, -0.2) is 5.91 Å². The third kappa shape index (κ3) is 1.95. The molecule has 2 N–H and O–H groups in total. The zero-order chi connectivity index (χ0) is 9.30. The van der Waals surface area contributed by atoms with Gasteiger partial charge in [-0.05, 0) is 50.7 Å². The number of nitrogens with two attached hydrogens (primary N) is 1. The van der Waals surface area contributed by atoms with Gasteiger partial charge >= 0.3 is 0 Å². The number of benzene rings is 1. The molecule has 0 saturated carbocycles. The van der Waals surface area contributed by atoms with E-state index in [2.05, 4.69) is 15.9 Å². The summed E-state index contributed by atoms with van der Waals surface area (Å²) < 4.78 is 13.6. The van der Waals surface area contributed by atoms with E-state index in [4.69, 9.17) is 5.73 Å². The molecule has 0 spiro atoms. The van der Waals surface area contributed by atoms with Gasteiger partial charge in [0.05, 0.1) is 8.04 Å². The van der Waals surface area contributed by atoms with Gasteiger partial charge in [0.2, 0.25) is 5.91 Å². The summed E-state index contributed by atoms with van der Waals surface area (Å²) in [4.78, 5) is 10.7. The molecule has 1 amide bonds. The van der Waals surface area contributed by atoms with Crippen molar-refractivity contribution in [1.82, 2.24) is 0 Å². The molecule has 0 aliphatic heterocycles. The van der Waals surface area contributed by atoms with Gasteiger partial charge in [-0.2, -0.15) is 0 Å². The molecule has 0 aromatic heterocycles. The second-order valence-corrected chi connectivity index (χ2v) is 4.13. The first kappa shape index (κ1) is 9.91. The van der Waals surface area contributed by atoms with E-state index in [0.717, 1.165) is 0 Å². The zero-order valence-corrected chi connectivity index (χ0v) is 9.52. The maximum Gasteiger partial charge on any atom is 0.248 e. The minimum absolute atomic E-state index is 0.253. The van der Waals surface area contributed by atoms with E-state index in [1.165, 1.54) is 12.1 Å². The standard InChI is InChI=1S/C7H4BrFINO/c8-4-1-3(7(11)12)2-5(10)6(4)9/h1-2H,(H2,11,12). The van der Waals surface area contributed by atoms with Crippen LogP contribution in [0.25, 0.3) is 0 Å². The van der Waals surface area contributed by atoms with Crippen LogP contribution in [0.15, 0.2) is 16.6 Å². The third-order valence-corrected chi connectivity index (χ3v) is 2.63. The van der Waals surface area contributed by atoms with Crippen LogP contribution in [0.3, 0.4) is 0 Å². The Labute approximate surface area is 90.6 Å². The molecule has 0 radical (unpaired) electrons. The average molecular weight is 344 g/mol. The van der Waals surface area contributed by atoms with Gasteiger partial charge in [-0.3, -0.25) is 4.79 Å². The van der Waals surface area contributed by atoms with Crippen molar-refractivity contribution in [2.75, 3.05) is 0 Å². The molecule has 1 rings (SSSR count). The van der Waals surface area contributed by atoms with Crippen LogP contribution in [0, 0.1) is 9.39 Å². The molecule has 0 aliphatic rings. The summed E-state index contributed by atoms with van der Waals surface area (Å²) in [6, 6.07) is 2.77. The van der Waals surface area contributed by atoms with Crippen LogP contribution in [0.1, 0.15) is 10.4 Å². The van der Waals surface area contributed by atoms with E-state index in [1.54, 1.807) is 22.6 Å². The van der Waals surface area contributed by atoms with Gasteiger partial charge in [-0.15, -0.1) is 0 Å². The Kier molecular flexibility index (Phi) is 3.05. The monoisotopic (exact) mass is 343 g/mol. The summed E-state index contributed by atoms with van der Waals surface area (Å²) >= 11 is 4.77. The molecule has 0 saturated heterocycles. The highest BCUT2D eigenvalue weighted by Gasteiger charge is 2.09. The van der Waals surface area contributed by atoms with Crippen molar-refractivity contribution >= 4 is 44.4 Å². The Bertz CT molecular complexity index is 319. The Morgan fingerprint density at radius 2 is 2.17 bits per heavy atom. The molecule has 0 bridgehead atoms. The van der Waals surface area contributed by atoms with Crippen LogP contribution >= 0.6 is 38.5 Å². The van der Waals surface area contributed by atoms with Crippen LogP contribution in [0.2, 0.25) is 0 Å². The van der Waals surface area contributed by atoms with Gasteiger partial charge in [-0.1, -0.05) is 0 Å². The van der Waals surface area contributed by atoms with Gasteiger partial charge in [-0.25, -0.2) is 4.39 Å². The average Bonchev–Trinajstić information content (AvgIpc) is 1.99. The summed E-state index contributed by atoms with van der Waals surface area (Å²) in [6.45, 7) is 0. The Hall–Kier alpha value is -0.170. The SMILES string of the molecule is NC(=O)c1cc(Br)c(F)c(I)c1. The quantitative estimate of drug-likeness (QED) is 0.617. The van der Waals surface area contributed by atoms with E-state index < -0.39 is 5.91 Å². The van der Waals surface area contributed by atoms with Crippen molar-refractivity contribution in [1.29, 1.82) is 0 Å². The molecule has 0 heterocycles. The number of carbonyl (C=O) groups is 1. The lowest BCUT2D eigenvalue weighted by atomic mass is 10.2. The molecule has 64 valence electrons. The van der Waals surface area contributed by atoms with Gasteiger partial charge in [0.25, 0.3) is 0 Å². The fourth-order valence-electron chi connectivity index (χ4n) is 0.698. The van der Waals surface area contributed by atoms with E-state index in [-0.39, 0.29) is 10.3 Å². The molecule has 12 heavy (non-hydrogen) atoms. The van der Waals surface area contributed by atoms with Crippen LogP contribution in [0.5, 0.6) is 0 Å². The van der Waals surface area contributed by atoms with E-state index in [1.807, 2.05) is 0 Å². The highest BCUT2D eigenvalue weighted by Crippen LogP contribution is 2.22. The van der Waals surface area contributed by atoms with Crippen molar-refractivity contribution in [3.05, 3.63) is 31.6 Å². The summed E-state index contributed by atoms with van der Waals surface area (Å²) in [6.07, 6.45) is 0. The Morgan fingerprint density at radius 3 is 2.58 bits per heavy atom. The lowest BCUT2D eigenvalue weighted by Gasteiger charge is -2.00. The smallest absolute Gasteiger partial charge is 0.248 e. The number of carbonyl (C=O) groups excluding carboxylic acids is 1. The van der Waals surface area contributed by atoms with Gasteiger partial charge in [0.1, 0.15) is 0 Å². The summed E-state index contributed by atoms with van der Waals surface area (Å²) in [5, 5.41) is 0. The Morgan fingerprint density at radius 1 is 1.58 bits per heavy atom. The predicted octanol–water partition coefficient (Wildman–Crippen LogP) is 2.29. The molecule has 0 atom stereocenters. The number of hydrogen-bond acceptors (Lipinski definition) is 1. The highest BCUT2D eigenvalue weighted by atomic mass is 127. The van der Waals surface area contributed by atoms with Crippen molar-refractivity contribution in [3.63, 3.8) is 0 Å². The number of primary amides is 1. The van der Waals surface area contributed by atoms with Crippen LogP contribution < -0.4 is 5.73 Å². The molecule has 2 nitrogen and oxygen atoms in total. The van der Waals surface area contributed by atoms with E-state index in [0.29, 0.717) is 9.13 Å². The third-order valence-electron chi connectivity index (χ3n) is 1.27. The first-order valence-corrected chi connectivity index (χ1v) is 4.84. The molecular formula is C7H4BrFINO. The fourth-order valence-corrected chi connectivity index (χ4v) is 2.15. The molecule has 1 aromatic rings. The molecule has 0 fully saturated rings. The maximum atomic E-state index is 13.0. The van der Waals surface area contributed by atoms with Gasteiger partial charge in [0, 0.05) is 5.56 Å². The molecule has 1 aromatic carbocycles. The van der Waals surface area contributed by atoms with Crippen LogP contribution in [-0.2, 0) is 0 Å². The molecule has 0 aliphatic carbocycles. The highest BCUT2D eigenvalue weighted by molar-refractivity contribution is 14.1. The predicted molar refractivity (Wildman–Crippen MR) is 55.3 cm³/mol.